The molecule has 8 heteroatoms. The number of nitrogens with zero attached hydrogens (tertiary/aromatic N) is 3. The Labute approximate surface area is 142 Å². The van der Waals surface area contributed by atoms with Crippen LogP contribution < -0.4 is 11.1 Å². The number of hydrogen-bond acceptors (Lipinski definition) is 4. The average Bonchev–Trinajstić information content (AvgIpc) is 2.85. The summed E-state index contributed by atoms with van der Waals surface area (Å²) in [4.78, 5) is 12.2. The van der Waals surface area contributed by atoms with Crippen LogP contribution in [0.5, 0.6) is 0 Å². The first-order valence-corrected chi connectivity index (χ1v) is 6.45. The van der Waals surface area contributed by atoms with E-state index in [2.05, 4.69) is 15.5 Å². The van der Waals surface area contributed by atoms with Crippen LogP contribution in [0.2, 0.25) is 0 Å². The first-order chi connectivity index (χ1) is 9.49. The Hall–Kier alpha value is -1.63. The number of hydrogen-bond donors (Lipinski definition) is 2. The van der Waals surface area contributed by atoms with Crippen LogP contribution in [0.1, 0.15) is 36.0 Å². The van der Waals surface area contributed by atoms with Crippen molar-refractivity contribution in [3.05, 3.63) is 47.5 Å². The molecule has 0 fully saturated rings. The fraction of sp³-hybridized carbons (Fsp3) is 0.357. The van der Waals surface area contributed by atoms with E-state index >= 15 is 0 Å². The molecular weight excluding hydrogens is 325 g/mol. The molecule has 2 unspecified atom stereocenters. The molecule has 2 atom stereocenters. The minimum absolute atomic E-state index is 0. The number of rotatable bonds is 4. The number of halogens is 2. The highest BCUT2D eigenvalue weighted by Gasteiger charge is 2.20. The summed E-state index contributed by atoms with van der Waals surface area (Å²) < 4.78 is 1.77. The molecule has 0 aliphatic rings. The molecule has 0 bridgehead atoms. The van der Waals surface area contributed by atoms with Crippen molar-refractivity contribution in [2.45, 2.75) is 25.9 Å². The van der Waals surface area contributed by atoms with Gasteiger partial charge in [-0.25, -0.2) is 0 Å². The summed E-state index contributed by atoms with van der Waals surface area (Å²) in [6.07, 6.45) is 1.60. The standard InChI is InChI=1S/C14H19N5O.2ClH/c1-9-4-6-11(7-5-9)12(15)14(20)17-10(2)13-18-16-8-19(13)3;;/h4-8,10,12H,15H2,1-3H3,(H,17,20);2*1H. The molecule has 0 spiro atoms. The Kier molecular flexibility index (Phi) is 8.08. The van der Waals surface area contributed by atoms with Gasteiger partial charge in [0, 0.05) is 7.05 Å². The first kappa shape index (κ1) is 20.4. The maximum Gasteiger partial charge on any atom is 0.242 e. The lowest BCUT2D eigenvalue weighted by molar-refractivity contribution is -0.123. The SMILES string of the molecule is Cc1ccc(C(N)C(=O)NC(C)c2nncn2C)cc1.Cl.Cl. The van der Waals surface area contributed by atoms with Gasteiger partial charge in [-0.05, 0) is 19.4 Å². The molecule has 0 saturated heterocycles. The van der Waals surface area contributed by atoms with E-state index in [-0.39, 0.29) is 36.8 Å². The van der Waals surface area contributed by atoms with E-state index in [4.69, 9.17) is 5.73 Å². The summed E-state index contributed by atoms with van der Waals surface area (Å²) >= 11 is 0. The van der Waals surface area contributed by atoms with Gasteiger partial charge in [-0.2, -0.15) is 0 Å². The van der Waals surface area contributed by atoms with Crippen LogP contribution in [0.15, 0.2) is 30.6 Å². The molecule has 2 aromatic rings. The molecule has 1 amide bonds. The largest absolute Gasteiger partial charge is 0.345 e. The molecule has 0 aliphatic heterocycles. The maximum atomic E-state index is 12.2. The van der Waals surface area contributed by atoms with Gasteiger partial charge >= 0.3 is 0 Å². The van der Waals surface area contributed by atoms with E-state index in [9.17, 15) is 4.79 Å². The molecule has 0 saturated carbocycles. The van der Waals surface area contributed by atoms with Gasteiger partial charge in [0.2, 0.25) is 5.91 Å². The van der Waals surface area contributed by atoms with Crippen molar-refractivity contribution in [1.29, 1.82) is 0 Å². The highest BCUT2D eigenvalue weighted by molar-refractivity contribution is 5.85. The monoisotopic (exact) mass is 345 g/mol. The highest BCUT2D eigenvalue weighted by atomic mass is 35.5. The second-order valence-electron chi connectivity index (χ2n) is 4.92. The Morgan fingerprint density at radius 1 is 1.27 bits per heavy atom. The number of nitrogens with two attached hydrogens (primary N) is 1. The zero-order valence-electron chi connectivity index (χ0n) is 12.7. The molecule has 2 rings (SSSR count). The number of amides is 1. The third-order valence-corrected chi connectivity index (χ3v) is 3.21. The fourth-order valence-electron chi connectivity index (χ4n) is 1.98. The number of carbonyl (C=O) groups is 1. The van der Waals surface area contributed by atoms with E-state index in [1.54, 1.807) is 10.9 Å². The van der Waals surface area contributed by atoms with Gasteiger partial charge in [-0.3, -0.25) is 4.79 Å². The Morgan fingerprint density at radius 2 is 1.86 bits per heavy atom. The van der Waals surface area contributed by atoms with Crippen LogP contribution in [0.25, 0.3) is 0 Å². The third kappa shape index (κ3) is 4.69. The second kappa shape index (κ2) is 8.73. The van der Waals surface area contributed by atoms with E-state index in [0.29, 0.717) is 5.82 Å². The van der Waals surface area contributed by atoms with E-state index in [1.165, 1.54) is 0 Å². The zero-order chi connectivity index (χ0) is 14.7. The molecule has 0 radical (unpaired) electrons. The molecule has 3 N–H and O–H groups in total. The van der Waals surface area contributed by atoms with Gasteiger partial charge in [-0.15, -0.1) is 35.0 Å². The molecule has 1 aromatic heterocycles. The van der Waals surface area contributed by atoms with Crippen molar-refractivity contribution in [2.24, 2.45) is 12.8 Å². The zero-order valence-corrected chi connectivity index (χ0v) is 14.3. The van der Waals surface area contributed by atoms with Crippen LogP contribution in [0, 0.1) is 6.92 Å². The normalized spacial score (nSPS) is 12.5. The molecule has 1 heterocycles. The van der Waals surface area contributed by atoms with E-state index in [0.717, 1.165) is 11.1 Å². The predicted molar refractivity (Wildman–Crippen MR) is 90.2 cm³/mol. The fourth-order valence-corrected chi connectivity index (χ4v) is 1.98. The van der Waals surface area contributed by atoms with Gasteiger partial charge in [0.15, 0.2) is 5.82 Å². The topological polar surface area (TPSA) is 85.8 Å². The first-order valence-electron chi connectivity index (χ1n) is 6.45. The third-order valence-electron chi connectivity index (χ3n) is 3.21. The molecule has 1 aromatic carbocycles. The highest BCUT2D eigenvalue weighted by Crippen LogP contribution is 2.14. The minimum Gasteiger partial charge on any atom is -0.345 e. The van der Waals surface area contributed by atoms with Crippen molar-refractivity contribution in [3.8, 4) is 0 Å². The smallest absolute Gasteiger partial charge is 0.242 e. The quantitative estimate of drug-likeness (QED) is 0.885. The molecule has 0 aliphatic carbocycles. The molecule has 22 heavy (non-hydrogen) atoms. The lowest BCUT2D eigenvalue weighted by atomic mass is 10.1. The van der Waals surface area contributed by atoms with Crippen LogP contribution in [-0.2, 0) is 11.8 Å². The second-order valence-corrected chi connectivity index (χ2v) is 4.92. The summed E-state index contributed by atoms with van der Waals surface area (Å²) in [5, 5.41) is 10.6. The molecule has 6 nitrogen and oxygen atoms in total. The van der Waals surface area contributed by atoms with Crippen molar-refractivity contribution in [3.63, 3.8) is 0 Å². The number of benzene rings is 1. The maximum absolute atomic E-state index is 12.2. The van der Waals surface area contributed by atoms with Gasteiger partial charge in [0.25, 0.3) is 0 Å². The Morgan fingerprint density at radius 3 is 2.36 bits per heavy atom. The lowest BCUT2D eigenvalue weighted by Crippen LogP contribution is -2.36. The summed E-state index contributed by atoms with van der Waals surface area (Å²) in [7, 11) is 1.83. The van der Waals surface area contributed by atoms with Crippen molar-refractivity contribution >= 4 is 30.7 Å². The number of aryl methyl sites for hydroxylation is 2. The van der Waals surface area contributed by atoms with Gasteiger partial charge in [-0.1, -0.05) is 29.8 Å². The average molecular weight is 346 g/mol. The summed E-state index contributed by atoms with van der Waals surface area (Å²) in [6.45, 7) is 3.84. The van der Waals surface area contributed by atoms with Gasteiger partial charge in [0.1, 0.15) is 12.4 Å². The lowest BCUT2D eigenvalue weighted by Gasteiger charge is -2.17. The summed E-state index contributed by atoms with van der Waals surface area (Å²) in [5.41, 5.74) is 7.90. The Balaban J connectivity index is 0.00000220. The number of carbonyl (C=O) groups excluding carboxylic acids is 1. The van der Waals surface area contributed by atoms with Crippen molar-refractivity contribution in [1.82, 2.24) is 20.1 Å². The number of nitrogens with one attached hydrogen (secondary N) is 1. The molecular formula is C14H21Cl2N5O. The van der Waals surface area contributed by atoms with Crippen LogP contribution in [-0.4, -0.2) is 20.7 Å². The summed E-state index contributed by atoms with van der Waals surface area (Å²) in [6, 6.07) is 6.68. The molecule has 122 valence electrons. The van der Waals surface area contributed by atoms with Crippen LogP contribution >= 0.6 is 24.8 Å². The van der Waals surface area contributed by atoms with E-state index < -0.39 is 6.04 Å². The van der Waals surface area contributed by atoms with Crippen LogP contribution in [0.4, 0.5) is 0 Å². The van der Waals surface area contributed by atoms with Crippen molar-refractivity contribution < 1.29 is 4.79 Å². The Bertz CT molecular complexity index is 600. The van der Waals surface area contributed by atoms with Crippen LogP contribution in [0.3, 0.4) is 0 Å². The van der Waals surface area contributed by atoms with Crippen molar-refractivity contribution in [2.75, 3.05) is 0 Å². The van der Waals surface area contributed by atoms with E-state index in [1.807, 2.05) is 45.2 Å². The minimum atomic E-state index is -0.689. The van der Waals surface area contributed by atoms with Gasteiger partial charge < -0.3 is 15.6 Å². The number of aromatic nitrogens is 3. The van der Waals surface area contributed by atoms with Gasteiger partial charge in [0.05, 0.1) is 6.04 Å². The predicted octanol–water partition coefficient (Wildman–Crippen LogP) is 1.84. The summed E-state index contributed by atoms with van der Waals surface area (Å²) in [5.74, 6) is 0.457.